The Bertz CT molecular complexity index is 842. The van der Waals surface area contributed by atoms with E-state index in [4.69, 9.17) is 9.26 Å². The minimum atomic E-state index is -0.432. The SMILES string of the molecule is Cc1ccccc1C(=O)OCc1cc(-c2ccccc2F)on1. The first-order valence-electron chi connectivity index (χ1n) is 7.08. The largest absolute Gasteiger partial charge is 0.455 e. The van der Waals surface area contributed by atoms with E-state index in [1.54, 1.807) is 36.4 Å². The minimum Gasteiger partial charge on any atom is -0.455 e. The molecule has 0 N–H and O–H groups in total. The zero-order valence-electron chi connectivity index (χ0n) is 12.5. The normalized spacial score (nSPS) is 10.5. The maximum atomic E-state index is 13.7. The van der Waals surface area contributed by atoms with Crippen LogP contribution in [0, 0.1) is 12.7 Å². The number of rotatable bonds is 4. The molecule has 4 nitrogen and oxygen atoms in total. The van der Waals surface area contributed by atoms with E-state index in [9.17, 15) is 9.18 Å². The van der Waals surface area contributed by atoms with Crippen LogP contribution in [0.5, 0.6) is 0 Å². The fraction of sp³-hybridized carbons (Fsp3) is 0.111. The number of carbonyl (C=O) groups is 1. The van der Waals surface area contributed by atoms with Gasteiger partial charge in [-0.1, -0.05) is 35.5 Å². The van der Waals surface area contributed by atoms with Crippen LogP contribution < -0.4 is 0 Å². The van der Waals surface area contributed by atoms with Crippen molar-refractivity contribution >= 4 is 5.97 Å². The Morgan fingerprint density at radius 2 is 1.91 bits per heavy atom. The Morgan fingerprint density at radius 1 is 1.17 bits per heavy atom. The van der Waals surface area contributed by atoms with E-state index in [0.29, 0.717) is 22.6 Å². The van der Waals surface area contributed by atoms with E-state index < -0.39 is 11.8 Å². The molecule has 23 heavy (non-hydrogen) atoms. The smallest absolute Gasteiger partial charge is 0.338 e. The average Bonchev–Trinajstić information content (AvgIpc) is 3.02. The van der Waals surface area contributed by atoms with Gasteiger partial charge in [0.1, 0.15) is 18.1 Å². The van der Waals surface area contributed by atoms with Gasteiger partial charge < -0.3 is 9.26 Å². The number of esters is 1. The summed E-state index contributed by atoms with van der Waals surface area (Å²) in [5.74, 6) is -0.532. The third-order valence-corrected chi connectivity index (χ3v) is 3.41. The van der Waals surface area contributed by atoms with Crippen LogP contribution in [0.25, 0.3) is 11.3 Å². The number of benzene rings is 2. The van der Waals surface area contributed by atoms with Crippen LogP contribution >= 0.6 is 0 Å². The van der Waals surface area contributed by atoms with Gasteiger partial charge in [-0.3, -0.25) is 0 Å². The minimum absolute atomic E-state index is 0.0366. The molecule has 2 aromatic carbocycles. The second kappa shape index (κ2) is 6.44. The van der Waals surface area contributed by atoms with Crippen molar-refractivity contribution < 1.29 is 18.4 Å². The Labute approximate surface area is 132 Å². The van der Waals surface area contributed by atoms with Crippen LogP contribution in [0.15, 0.2) is 59.1 Å². The number of carbonyl (C=O) groups excluding carboxylic acids is 1. The molecule has 116 valence electrons. The van der Waals surface area contributed by atoms with E-state index >= 15 is 0 Å². The Balaban J connectivity index is 1.70. The van der Waals surface area contributed by atoms with Gasteiger partial charge in [0.25, 0.3) is 0 Å². The third kappa shape index (κ3) is 3.29. The topological polar surface area (TPSA) is 52.3 Å². The van der Waals surface area contributed by atoms with Gasteiger partial charge in [0.2, 0.25) is 0 Å². The number of hydrogen-bond acceptors (Lipinski definition) is 4. The monoisotopic (exact) mass is 311 g/mol. The molecule has 0 spiro atoms. The molecule has 0 bridgehead atoms. The molecule has 5 heteroatoms. The van der Waals surface area contributed by atoms with Crippen LogP contribution in [-0.4, -0.2) is 11.1 Å². The molecule has 0 aliphatic heterocycles. The fourth-order valence-electron chi connectivity index (χ4n) is 2.19. The Hall–Kier alpha value is -2.95. The van der Waals surface area contributed by atoms with E-state index in [1.165, 1.54) is 6.07 Å². The standard InChI is InChI=1S/C18H14FNO3/c1-12-6-2-3-7-14(12)18(21)22-11-13-10-17(23-20-13)15-8-4-5-9-16(15)19/h2-10H,11H2,1H3. The molecule has 1 heterocycles. The zero-order chi connectivity index (χ0) is 16.2. The van der Waals surface area contributed by atoms with Crippen LogP contribution in [0.3, 0.4) is 0 Å². The van der Waals surface area contributed by atoms with Crippen molar-refractivity contribution in [3.63, 3.8) is 0 Å². The summed E-state index contributed by atoms with van der Waals surface area (Å²) in [5, 5.41) is 3.80. The summed E-state index contributed by atoms with van der Waals surface area (Å²) in [4.78, 5) is 12.0. The van der Waals surface area contributed by atoms with Gasteiger partial charge in [-0.05, 0) is 30.7 Å². The Morgan fingerprint density at radius 3 is 2.70 bits per heavy atom. The van der Waals surface area contributed by atoms with Crippen molar-refractivity contribution in [1.29, 1.82) is 0 Å². The second-order valence-corrected chi connectivity index (χ2v) is 5.05. The number of nitrogens with zero attached hydrogens (tertiary/aromatic N) is 1. The van der Waals surface area contributed by atoms with Crippen molar-refractivity contribution in [3.8, 4) is 11.3 Å². The van der Waals surface area contributed by atoms with E-state index in [2.05, 4.69) is 5.16 Å². The lowest BCUT2D eigenvalue weighted by atomic mass is 10.1. The van der Waals surface area contributed by atoms with Crippen molar-refractivity contribution in [2.75, 3.05) is 0 Å². The number of ether oxygens (including phenoxy) is 1. The van der Waals surface area contributed by atoms with Crippen LogP contribution in [-0.2, 0) is 11.3 Å². The van der Waals surface area contributed by atoms with Crippen molar-refractivity contribution in [2.24, 2.45) is 0 Å². The molecule has 0 saturated carbocycles. The van der Waals surface area contributed by atoms with Crippen molar-refractivity contribution in [1.82, 2.24) is 5.16 Å². The van der Waals surface area contributed by atoms with Crippen LogP contribution in [0.1, 0.15) is 21.6 Å². The predicted molar refractivity (Wildman–Crippen MR) is 82.2 cm³/mol. The molecule has 0 aliphatic carbocycles. The van der Waals surface area contributed by atoms with Crippen molar-refractivity contribution in [3.05, 3.63) is 77.2 Å². The number of halogens is 1. The Kier molecular flexibility index (Phi) is 4.19. The van der Waals surface area contributed by atoms with Gasteiger partial charge in [-0.25, -0.2) is 9.18 Å². The second-order valence-electron chi connectivity index (χ2n) is 5.05. The number of aromatic nitrogens is 1. The van der Waals surface area contributed by atoms with Crippen molar-refractivity contribution in [2.45, 2.75) is 13.5 Å². The van der Waals surface area contributed by atoms with Gasteiger partial charge in [0.15, 0.2) is 5.76 Å². The maximum absolute atomic E-state index is 13.7. The molecule has 3 rings (SSSR count). The molecule has 0 atom stereocenters. The van der Waals surface area contributed by atoms with E-state index in [0.717, 1.165) is 5.56 Å². The molecule has 0 unspecified atom stereocenters. The molecule has 3 aromatic rings. The summed E-state index contributed by atoms with van der Waals surface area (Å²) in [5.41, 5.74) is 2.08. The van der Waals surface area contributed by atoms with Crippen LogP contribution in [0.4, 0.5) is 4.39 Å². The van der Waals surface area contributed by atoms with Gasteiger partial charge in [-0.15, -0.1) is 0 Å². The lowest BCUT2D eigenvalue weighted by Crippen LogP contribution is -2.07. The highest BCUT2D eigenvalue weighted by Crippen LogP contribution is 2.23. The molecular formula is C18H14FNO3. The van der Waals surface area contributed by atoms with Gasteiger partial charge >= 0.3 is 5.97 Å². The molecular weight excluding hydrogens is 297 g/mol. The first-order chi connectivity index (χ1) is 11.1. The van der Waals surface area contributed by atoms with Crippen LogP contribution in [0.2, 0.25) is 0 Å². The first-order valence-corrected chi connectivity index (χ1v) is 7.08. The summed E-state index contributed by atoms with van der Waals surface area (Å²) in [7, 11) is 0. The quantitative estimate of drug-likeness (QED) is 0.679. The fourth-order valence-corrected chi connectivity index (χ4v) is 2.19. The molecule has 0 fully saturated rings. The van der Waals surface area contributed by atoms with Gasteiger partial charge in [-0.2, -0.15) is 0 Å². The zero-order valence-corrected chi connectivity index (χ0v) is 12.5. The lowest BCUT2D eigenvalue weighted by molar-refractivity contribution is 0.0463. The summed E-state index contributed by atoms with van der Waals surface area (Å²) in [6.45, 7) is 1.80. The summed E-state index contributed by atoms with van der Waals surface area (Å²) in [6.07, 6.45) is 0. The predicted octanol–water partition coefficient (Wildman–Crippen LogP) is 4.15. The maximum Gasteiger partial charge on any atom is 0.338 e. The van der Waals surface area contributed by atoms with E-state index in [1.807, 2.05) is 19.1 Å². The van der Waals surface area contributed by atoms with Gasteiger partial charge in [0.05, 0.1) is 11.1 Å². The number of aryl methyl sites for hydroxylation is 1. The average molecular weight is 311 g/mol. The first kappa shape index (κ1) is 15.0. The summed E-state index contributed by atoms with van der Waals surface area (Å²) < 4.78 is 24.0. The van der Waals surface area contributed by atoms with Gasteiger partial charge in [0, 0.05) is 6.07 Å². The molecule has 0 radical (unpaired) electrons. The highest BCUT2D eigenvalue weighted by molar-refractivity contribution is 5.90. The summed E-state index contributed by atoms with van der Waals surface area (Å²) in [6, 6.07) is 15.0. The lowest BCUT2D eigenvalue weighted by Gasteiger charge is -2.04. The highest BCUT2D eigenvalue weighted by Gasteiger charge is 2.14. The molecule has 0 saturated heterocycles. The molecule has 1 aromatic heterocycles. The molecule has 0 aliphatic rings. The highest BCUT2D eigenvalue weighted by atomic mass is 19.1. The summed E-state index contributed by atoms with van der Waals surface area (Å²) >= 11 is 0. The van der Waals surface area contributed by atoms with E-state index in [-0.39, 0.29) is 6.61 Å². The molecule has 0 amide bonds. The number of hydrogen-bond donors (Lipinski definition) is 0. The third-order valence-electron chi connectivity index (χ3n) is 3.41.